The van der Waals surface area contributed by atoms with E-state index in [4.69, 9.17) is 4.74 Å². The minimum absolute atomic E-state index is 0.272. The molecule has 1 aliphatic heterocycles. The van der Waals surface area contributed by atoms with Crippen LogP contribution in [0.4, 0.5) is 0 Å². The van der Waals surface area contributed by atoms with E-state index in [1.54, 1.807) is 0 Å². The van der Waals surface area contributed by atoms with E-state index in [1.807, 2.05) is 6.20 Å². The molecule has 3 nitrogen and oxygen atoms in total. The normalized spacial score (nSPS) is 25.8. The largest absolute Gasteiger partial charge is 0.379 e. The maximum atomic E-state index is 5.55. The van der Waals surface area contributed by atoms with Gasteiger partial charge in [0.05, 0.1) is 18.6 Å². The number of aromatic nitrogens is 1. The van der Waals surface area contributed by atoms with E-state index in [-0.39, 0.29) is 5.41 Å². The number of ether oxygens (including phenoxy) is 1. The Bertz CT molecular complexity index is 350. The van der Waals surface area contributed by atoms with Gasteiger partial charge in [0.2, 0.25) is 0 Å². The minimum Gasteiger partial charge on any atom is -0.379 e. The summed E-state index contributed by atoms with van der Waals surface area (Å²) in [5.41, 5.74) is 2.14. The summed E-state index contributed by atoms with van der Waals surface area (Å²) in [4.78, 5) is 3.19. The van der Waals surface area contributed by atoms with E-state index in [0.717, 1.165) is 19.8 Å². The predicted molar refractivity (Wildman–Crippen MR) is 63.5 cm³/mol. The van der Waals surface area contributed by atoms with Gasteiger partial charge < -0.3 is 15.0 Å². The summed E-state index contributed by atoms with van der Waals surface area (Å²) >= 11 is 0. The van der Waals surface area contributed by atoms with Crippen LogP contribution in [0.15, 0.2) is 18.5 Å². The zero-order valence-corrected chi connectivity index (χ0v) is 9.88. The molecule has 2 N–H and O–H groups in total. The van der Waals surface area contributed by atoms with Crippen LogP contribution < -0.4 is 5.32 Å². The zero-order chi connectivity index (χ0) is 11.1. The van der Waals surface area contributed by atoms with Crippen molar-refractivity contribution in [3.8, 4) is 0 Å². The fourth-order valence-corrected chi connectivity index (χ4v) is 3.47. The summed E-state index contributed by atoms with van der Waals surface area (Å²) in [6.45, 7) is 2.90. The van der Waals surface area contributed by atoms with Gasteiger partial charge in [-0.1, -0.05) is 6.42 Å². The second-order valence-electron chi connectivity index (χ2n) is 5.34. The fourth-order valence-electron chi connectivity index (χ4n) is 3.47. The monoisotopic (exact) mass is 220 g/mol. The van der Waals surface area contributed by atoms with E-state index in [9.17, 15) is 0 Å². The van der Waals surface area contributed by atoms with Gasteiger partial charge in [-0.15, -0.1) is 0 Å². The Morgan fingerprint density at radius 2 is 2.25 bits per heavy atom. The maximum absolute atomic E-state index is 5.55. The van der Waals surface area contributed by atoms with Crippen molar-refractivity contribution in [2.24, 2.45) is 5.41 Å². The molecule has 2 heterocycles. The average molecular weight is 220 g/mol. The van der Waals surface area contributed by atoms with Crippen molar-refractivity contribution in [1.82, 2.24) is 10.3 Å². The van der Waals surface area contributed by atoms with Crippen LogP contribution >= 0.6 is 0 Å². The molecule has 1 aliphatic carbocycles. The molecule has 88 valence electrons. The molecule has 3 rings (SSSR count). The first-order valence-corrected chi connectivity index (χ1v) is 6.19. The first kappa shape index (κ1) is 10.4. The third-order valence-corrected chi connectivity index (χ3v) is 4.69. The molecule has 3 heteroatoms. The number of aromatic amines is 1. The summed E-state index contributed by atoms with van der Waals surface area (Å²) in [7, 11) is 2.06. The third-order valence-electron chi connectivity index (χ3n) is 4.69. The molecule has 16 heavy (non-hydrogen) atoms. The van der Waals surface area contributed by atoms with Crippen molar-refractivity contribution in [1.29, 1.82) is 0 Å². The molecule has 1 aromatic rings. The molecule has 0 aromatic carbocycles. The maximum Gasteiger partial charge on any atom is 0.0592 e. The van der Waals surface area contributed by atoms with Gasteiger partial charge in [0.15, 0.2) is 0 Å². The van der Waals surface area contributed by atoms with Crippen LogP contribution in [0.25, 0.3) is 0 Å². The van der Waals surface area contributed by atoms with E-state index in [1.165, 1.54) is 24.8 Å². The topological polar surface area (TPSA) is 37.0 Å². The molecule has 2 fully saturated rings. The molecule has 0 unspecified atom stereocenters. The number of rotatable bonds is 4. The SMILES string of the molecule is CNCC1(C2(c3cc[nH]c3)COC2)CCC1. The lowest BCUT2D eigenvalue weighted by atomic mass is 9.50. The van der Waals surface area contributed by atoms with Gasteiger partial charge in [-0.2, -0.15) is 0 Å². The van der Waals surface area contributed by atoms with Crippen molar-refractivity contribution in [3.05, 3.63) is 24.0 Å². The average Bonchev–Trinajstić information content (AvgIpc) is 2.65. The van der Waals surface area contributed by atoms with Gasteiger partial charge in [-0.25, -0.2) is 0 Å². The highest BCUT2D eigenvalue weighted by Gasteiger charge is 2.59. The minimum atomic E-state index is 0.272. The van der Waals surface area contributed by atoms with Crippen LogP contribution in [0.3, 0.4) is 0 Å². The molecule has 1 saturated heterocycles. The lowest BCUT2D eigenvalue weighted by Crippen LogP contribution is -2.64. The van der Waals surface area contributed by atoms with Crippen LogP contribution in [-0.4, -0.2) is 31.8 Å². The quantitative estimate of drug-likeness (QED) is 0.810. The van der Waals surface area contributed by atoms with Crippen LogP contribution in [0.1, 0.15) is 24.8 Å². The van der Waals surface area contributed by atoms with Gasteiger partial charge in [0, 0.05) is 18.9 Å². The Hall–Kier alpha value is -0.800. The van der Waals surface area contributed by atoms with Crippen molar-refractivity contribution < 1.29 is 4.74 Å². The summed E-state index contributed by atoms with van der Waals surface area (Å²) in [6.07, 6.45) is 8.22. The molecule has 0 spiro atoms. The molecule has 2 aliphatic rings. The Morgan fingerprint density at radius 1 is 1.44 bits per heavy atom. The van der Waals surface area contributed by atoms with Gasteiger partial charge in [-0.05, 0) is 36.9 Å². The molecule has 1 aromatic heterocycles. The molecule has 0 atom stereocenters. The molecular weight excluding hydrogens is 200 g/mol. The van der Waals surface area contributed by atoms with E-state index < -0.39 is 0 Å². The second kappa shape index (κ2) is 3.60. The van der Waals surface area contributed by atoms with Gasteiger partial charge in [-0.3, -0.25) is 0 Å². The van der Waals surface area contributed by atoms with Crippen LogP contribution in [0.2, 0.25) is 0 Å². The van der Waals surface area contributed by atoms with Crippen molar-refractivity contribution >= 4 is 0 Å². The van der Waals surface area contributed by atoms with E-state index >= 15 is 0 Å². The highest BCUT2D eigenvalue weighted by molar-refractivity contribution is 5.31. The zero-order valence-electron chi connectivity index (χ0n) is 9.88. The van der Waals surface area contributed by atoms with Crippen molar-refractivity contribution in [3.63, 3.8) is 0 Å². The highest BCUT2D eigenvalue weighted by Crippen LogP contribution is 2.57. The number of nitrogens with one attached hydrogen (secondary N) is 2. The lowest BCUT2D eigenvalue weighted by Gasteiger charge is -2.60. The molecule has 0 radical (unpaired) electrons. The van der Waals surface area contributed by atoms with E-state index in [0.29, 0.717) is 5.41 Å². The Balaban J connectivity index is 1.95. The lowest BCUT2D eigenvalue weighted by molar-refractivity contribution is -0.156. The molecule has 0 amide bonds. The van der Waals surface area contributed by atoms with Crippen LogP contribution in [0, 0.1) is 5.41 Å². The van der Waals surface area contributed by atoms with Crippen LogP contribution in [-0.2, 0) is 10.2 Å². The first-order valence-electron chi connectivity index (χ1n) is 6.19. The first-order chi connectivity index (χ1) is 7.83. The molecule has 0 bridgehead atoms. The number of H-pyrrole nitrogens is 1. The fraction of sp³-hybridized carbons (Fsp3) is 0.692. The van der Waals surface area contributed by atoms with E-state index in [2.05, 4.69) is 29.6 Å². The van der Waals surface area contributed by atoms with Crippen molar-refractivity contribution in [2.45, 2.75) is 24.7 Å². The Morgan fingerprint density at radius 3 is 2.62 bits per heavy atom. The predicted octanol–water partition coefficient (Wildman–Crippen LogP) is 1.67. The summed E-state index contributed by atoms with van der Waals surface area (Å²) in [5.74, 6) is 0. The Kier molecular flexibility index (Phi) is 2.33. The Labute approximate surface area is 96.6 Å². The summed E-state index contributed by atoms with van der Waals surface area (Å²) in [6, 6.07) is 2.22. The summed E-state index contributed by atoms with van der Waals surface area (Å²) in [5, 5.41) is 3.38. The van der Waals surface area contributed by atoms with Gasteiger partial charge in [0.1, 0.15) is 0 Å². The summed E-state index contributed by atoms with van der Waals surface area (Å²) < 4.78 is 5.55. The molecule has 1 saturated carbocycles. The van der Waals surface area contributed by atoms with Gasteiger partial charge >= 0.3 is 0 Å². The van der Waals surface area contributed by atoms with Crippen molar-refractivity contribution in [2.75, 3.05) is 26.8 Å². The highest BCUT2D eigenvalue weighted by atomic mass is 16.5. The smallest absolute Gasteiger partial charge is 0.0592 e. The van der Waals surface area contributed by atoms with Gasteiger partial charge in [0.25, 0.3) is 0 Å². The second-order valence-corrected chi connectivity index (χ2v) is 5.34. The number of hydrogen-bond acceptors (Lipinski definition) is 2. The standard InChI is InChI=1S/C13H20N2O/c1-14-8-12(4-2-5-12)13(9-16-10-13)11-3-6-15-7-11/h3,6-7,14-15H,2,4-5,8-10H2,1H3. The molecular formula is C13H20N2O. The van der Waals surface area contributed by atoms with Crippen LogP contribution in [0.5, 0.6) is 0 Å². The number of hydrogen-bond donors (Lipinski definition) is 2. The third kappa shape index (κ3) is 1.16.